The van der Waals surface area contributed by atoms with Gasteiger partial charge in [0.1, 0.15) is 6.10 Å². The van der Waals surface area contributed by atoms with Crippen LogP contribution in [0, 0.1) is 34.5 Å². The summed E-state index contributed by atoms with van der Waals surface area (Å²) in [5, 5.41) is 10.5. The maximum Gasteiger partial charge on any atom is 0.305 e. The van der Waals surface area contributed by atoms with Crippen LogP contribution < -0.4 is 0 Å². The van der Waals surface area contributed by atoms with Gasteiger partial charge in [0.2, 0.25) is 0 Å². The summed E-state index contributed by atoms with van der Waals surface area (Å²) in [5.41, 5.74) is 1.09. The lowest BCUT2D eigenvalue weighted by atomic mass is 9.45. The molecule has 0 aromatic heterocycles. The zero-order valence-electron chi connectivity index (χ0n) is 17.0. The van der Waals surface area contributed by atoms with Gasteiger partial charge < -0.3 is 9.84 Å². The topological polar surface area (TPSA) is 63.6 Å². The lowest BCUT2D eigenvalue weighted by Gasteiger charge is -2.59. The van der Waals surface area contributed by atoms with Gasteiger partial charge in [-0.05, 0) is 68.3 Å². The normalized spacial score (nSPS) is 46.1. The molecular formula is C23H34O4. The molecule has 3 fully saturated rings. The number of esters is 1. The third-order valence-electron chi connectivity index (χ3n) is 8.77. The van der Waals surface area contributed by atoms with E-state index in [9.17, 15) is 14.7 Å². The minimum Gasteiger partial charge on any atom is -0.462 e. The number of ketones is 1. The van der Waals surface area contributed by atoms with Crippen LogP contribution in [0.25, 0.3) is 0 Å². The van der Waals surface area contributed by atoms with Crippen molar-refractivity contribution in [2.24, 2.45) is 34.5 Å². The van der Waals surface area contributed by atoms with Crippen molar-refractivity contribution in [2.75, 3.05) is 6.61 Å². The van der Waals surface area contributed by atoms with E-state index in [0.717, 1.165) is 38.5 Å². The first kappa shape index (κ1) is 19.2. The van der Waals surface area contributed by atoms with Gasteiger partial charge in [-0.15, -0.1) is 0 Å². The van der Waals surface area contributed by atoms with Crippen molar-refractivity contribution in [3.63, 3.8) is 0 Å². The molecule has 1 N–H and O–H groups in total. The summed E-state index contributed by atoms with van der Waals surface area (Å²) in [6.07, 6.45) is 9.03. The second-order valence-corrected chi connectivity index (χ2v) is 9.85. The van der Waals surface area contributed by atoms with Crippen molar-refractivity contribution < 1.29 is 19.4 Å². The maximum absolute atomic E-state index is 12.1. The zero-order chi connectivity index (χ0) is 19.4. The summed E-state index contributed by atoms with van der Waals surface area (Å²) in [6, 6.07) is 0. The van der Waals surface area contributed by atoms with Crippen molar-refractivity contribution in [3.8, 4) is 0 Å². The number of carbonyl (C=O) groups is 2. The average molecular weight is 375 g/mol. The van der Waals surface area contributed by atoms with Crippen molar-refractivity contribution in [1.29, 1.82) is 0 Å². The van der Waals surface area contributed by atoms with Crippen LogP contribution in [0.2, 0.25) is 0 Å². The van der Waals surface area contributed by atoms with Crippen LogP contribution in [0.15, 0.2) is 11.6 Å². The molecule has 0 bridgehead atoms. The fraction of sp³-hybridized carbons (Fsp3) is 0.826. The van der Waals surface area contributed by atoms with E-state index in [0.29, 0.717) is 36.5 Å². The summed E-state index contributed by atoms with van der Waals surface area (Å²) < 4.78 is 5.87. The number of fused-ring (bicyclic) bond motifs is 5. The fourth-order valence-corrected chi connectivity index (χ4v) is 7.43. The van der Waals surface area contributed by atoms with Gasteiger partial charge in [-0.2, -0.15) is 0 Å². The Bertz CT molecular complexity index is 667. The van der Waals surface area contributed by atoms with Crippen LogP contribution >= 0.6 is 0 Å². The van der Waals surface area contributed by atoms with Gasteiger partial charge >= 0.3 is 5.97 Å². The summed E-state index contributed by atoms with van der Waals surface area (Å²) in [4.78, 5) is 24.0. The van der Waals surface area contributed by atoms with E-state index >= 15 is 0 Å². The molecule has 0 saturated heterocycles. The molecule has 4 heteroatoms. The first-order valence-electron chi connectivity index (χ1n) is 10.9. The molecule has 0 radical (unpaired) electrons. The van der Waals surface area contributed by atoms with Crippen LogP contribution in [0.1, 0.15) is 72.1 Å². The first-order valence-corrected chi connectivity index (χ1v) is 10.9. The van der Waals surface area contributed by atoms with Crippen molar-refractivity contribution >= 4 is 11.8 Å². The van der Waals surface area contributed by atoms with E-state index in [1.807, 2.05) is 13.0 Å². The Labute approximate surface area is 162 Å². The summed E-state index contributed by atoms with van der Waals surface area (Å²) in [6.45, 7) is 6.59. The van der Waals surface area contributed by atoms with E-state index < -0.39 is 0 Å². The highest BCUT2D eigenvalue weighted by Gasteiger charge is 2.62. The lowest BCUT2D eigenvalue weighted by Crippen LogP contribution is -2.55. The summed E-state index contributed by atoms with van der Waals surface area (Å²) in [5.74, 6) is 2.06. The lowest BCUT2D eigenvalue weighted by molar-refractivity contribution is -0.160. The predicted octanol–water partition coefficient (Wildman–Crippen LogP) is 4.06. The SMILES string of the molecule is CCC(=O)O[C@H]1CC[C@H]2[C@@H]3C[C@H](C)C4=CC(=O)CC[C@]4(CO)[C@H]3CC[C@]12C. The van der Waals surface area contributed by atoms with E-state index in [-0.39, 0.29) is 35.3 Å². The fourth-order valence-electron chi connectivity index (χ4n) is 7.43. The molecule has 27 heavy (non-hydrogen) atoms. The standard InChI is InChI=1S/C23H34O4/c1-4-21(26)27-20-6-5-17-16-11-14(2)19-12-15(25)7-10-23(19,13-24)18(16)8-9-22(17,20)3/h12,14,16-18,20,24H,4-11,13H2,1-3H3/t14-,16-,17-,18-,20-,22-,23-/m0/s1. The Kier molecular flexibility index (Phi) is 4.77. The molecule has 0 aliphatic heterocycles. The predicted molar refractivity (Wildman–Crippen MR) is 103 cm³/mol. The van der Waals surface area contributed by atoms with E-state index in [2.05, 4.69) is 13.8 Å². The molecule has 0 aromatic carbocycles. The minimum atomic E-state index is -0.199. The molecule has 0 unspecified atom stereocenters. The maximum atomic E-state index is 12.1. The highest BCUT2D eigenvalue weighted by Crippen LogP contribution is 2.66. The smallest absolute Gasteiger partial charge is 0.305 e. The first-order chi connectivity index (χ1) is 12.9. The van der Waals surface area contributed by atoms with E-state index in [1.54, 1.807) is 0 Å². The zero-order valence-corrected chi connectivity index (χ0v) is 17.0. The van der Waals surface area contributed by atoms with Gasteiger partial charge in [0.05, 0.1) is 6.61 Å². The van der Waals surface area contributed by atoms with Gasteiger partial charge in [-0.25, -0.2) is 0 Å². The summed E-state index contributed by atoms with van der Waals surface area (Å²) >= 11 is 0. The number of rotatable bonds is 3. The van der Waals surface area contributed by atoms with Gasteiger partial charge in [-0.3, -0.25) is 9.59 Å². The molecule has 3 saturated carbocycles. The van der Waals surface area contributed by atoms with Gasteiger partial charge in [-0.1, -0.05) is 26.3 Å². The molecule has 0 amide bonds. The quantitative estimate of drug-likeness (QED) is 0.757. The van der Waals surface area contributed by atoms with Crippen molar-refractivity contribution in [1.82, 2.24) is 0 Å². The van der Waals surface area contributed by atoms with Crippen LogP contribution in [0.3, 0.4) is 0 Å². The molecule has 7 atom stereocenters. The van der Waals surface area contributed by atoms with Crippen LogP contribution in [-0.4, -0.2) is 29.6 Å². The van der Waals surface area contributed by atoms with Crippen LogP contribution in [0.4, 0.5) is 0 Å². The Morgan fingerprint density at radius 3 is 2.74 bits per heavy atom. The molecule has 0 heterocycles. The Morgan fingerprint density at radius 2 is 2.04 bits per heavy atom. The second kappa shape index (κ2) is 6.72. The second-order valence-electron chi connectivity index (χ2n) is 9.85. The third kappa shape index (κ3) is 2.73. The monoisotopic (exact) mass is 374 g/mol. The van der Waals surface area contributed by atoms with Crippen LogP contribution in [-0.2, 0) is 14.3 Å². The molecule has 4 nitrogen and oxygen atoms in total. The number of hydrogen-bond acceptors (Lipinski definition) is 4. The number of aliphatic hydroxyl groups is 1. The third-order valence-corrected chi connectivity index (χ3v) is 8.77. The molecule has 0 aromatic rings. The van der Waals surface area contributed by atoms with Gasteiger partial charge in [0, 0.05) is 23.7 Å². The highest BCUT2D eigenvalue weighted by molar-refractivity contribution is 5.91. The van der Waals surface area contributed by atoms with E-state index in [4.69, 9.17) is 4.74 Å². The molecule has 4 aliphatic rings. The van der Waals surface area contributed by atoms with Crippen molar-refractivity contribution in [3.05, 3.63) is 11.6 Å². The molecule has 150 valence electrons. The highest BCUT2D eigenvalue weighted by atomic mass is 16.5. The number of ether oxygens (including phenoxy) is 1. The molecule has 0 spiro atoms. The van der Waals surface area contributed by atoms with Gasteiger partial charge in [0.25, 0.3) is 0 Å². The van der Waals surface area contributed by atoms with Crippen molar-refractivity contribution in [2.45, 2.75) is 78.2 Å². The Morgan fingerprint density at radius 1 is 1.26 bits per heavy atom. The number of aliphatic hydroxyl groups excluding tert-OH is 1. The van der Waals surface area contributed by atoms with Crippen LogP contribution in [0.5, 0.6) is 0 Å². The van der Waals surface area contributed by atoms with Gasteiger partial charge in [0.15, 0.2) is 5.78 Å². The molecule has 4 aliphatic carbocycles. The minimum absolute atomic E-state index is 0.0427. The molecule has 4 rings (SSSR count). The number of hydrogen-bond donors (Lipinski definition) is 1. The number of carbonyl (C=O) groups excluding carboxylic acids is 2. The largest absolute Gasteiger partial charge is 0.462 e. The summed E-state index contributed by atoms with van der Waals surface area (Å²) in [7, 11) is 0. The van der Waals surface area contributed by atoms with E-state index in [1.165, 1.54) is 5.57 Å². The Balaban J connectivity index is 1.66. The average Bonchev–Trinajstić information content (AvgIpc) is 2.99. The molecular weight excluding hydrogens is 340 g/mol. The Hall–Kier alpha value is -1.16.